The molecule has 0 aromatic carbocycles. The summed E-state index contributed by atoms with van der Waals surface area (Å²) >= 11 is 0. The zero-order valence-electron chi connectivity index (χ0n) is 19.4. The Morgan fingerprint density at radius 1 is 1.18 bits per heavy atom. The Balaban J connectivity index is 1.46. The Morgan fingerprint density at radius 2 is 1.97 bits per heavy atom. The van der Waals surface area contributed by atoms with Crippen LogP contribution in [-0.4, -0.2) is 80.5 Å². The van der Waals surface area contributed by atoms with E-state index < -0.39 is 41.2 Å². The van der Waals surface area contributed by atoms with Gasteiger partial charge in [0.15, 0.2) is 5.67 Å². The third-order valence-corrected chi connectivity index (χ3v) is 9.73. The van der Waals surface area contributed by atoms with Crippen molar-refractivity contribution in [3.05, 3.63) is 47.8 Å². The van der Waals surface area contributed by atoms with Crippen LogP contribution < -0.4 is 0 Å². The molecule has 0 amide bonds. The molecular weight excluding hydrogens is 423 g/mol. The van der Waals surface area contributed by atoms with E-state index in [9.17, 15) is 15.3 Å². The van der Waals surface area contributed by atoms with E-state index >= 15 is 4.39 Å². The molecule has 7 heteroatoms. The number of nitrogens with zero attached hydrogens (tertiary/aromatic N) is 2. The summed E-state index contributed by atoms with van der Waals surface area (Å²) in [5, 5.41) is 33.3. The Morgan fingerprint density at radius 3 is 2.67 bits per heavy atom. The average molecular weight is 457 g/mol. The first-order chi connectivity index (χ1) is 15.6. The van der Waals surface area contributed by atoms with Crippen LogP contribution in [0.5, 0.6) is 0 Å². The van der Waals surface area contributed by atoms with Crippen LogP contribution in [0.15, 0.2) is 42.3 Å². The summed E-state index contributed by atoms with van der Waals surface area (Å²) in [7, 11) is 3.63. The topological polar surface area (TPSA) is 86.1 Å². The summed E-state index contributed by atoms with van der Waals surface area (Å²) in [6, 6.07) is 3.55. The molecule has 178 valence electrons. The third kappa shape index (κ3) is 2.42. The minimum Gasteiger partial charge on any atom is -0.389 e. The van der Waals surface area contributed by atoms with Gasteiger partial charge < -0.3 is 25.0 Å². The average Bonchev–Trinajstić information content (AvgIpc) is 3.33. The molecule has 3 aliphatic carbocycles. The van der Waals surface area contributed by atoms with Crippen LogP contribution in [-0.2, 0) is 4.74 Å². The second kappa shape index (κ2) is 6.73. The zero-order valence-corrected chi connectivity index (χ0v) is 19.4. The highest BCUT2D eigenvalue weighted by atomic mass is 19.1. The van der Waals surface area contributed by atoms with E-state index in [2.05, 4.69) is 24.1 Å². The van der Waals surface area contributed by atoms with E-state index in [1.54, 1.807) is 6.20 Å². The van der Waals surface area contributed by atoms with Crippen molar-refractivity contribution < 1.29 is 24.4 Å². The number of hydrogen-bond acceptors (Lipinski definition) is 6. The third-order valence-electron chi connectivity index (χ3n) is 9.73. The SMILES string of the molecule is CN(C)[C@H]1C[C@@]23CC[C@@]4(O2)C(=CC[C@]2(C)C(c5cccnc5)=CCC24)C(O)C3(F)[C@@H](O)[C@@H]1O. The molecule has 9 atom stereocenters. The van der Waals surface area contributed by atoms with Gasteiger partial charge in [0.05, 0.1) is 11.7 Å². The van der Waals surface area contributed by atoms with Crippen molar-refractivity contribution >= 4 is 5.57 Å². The first-order valence-electron chi connectivity index (χ1n) is 12.0. The van der Waals surface area contributed by atoms with Crippen molar-refractivity contribution in [2.75, 3.05) is 14.1 Å². The van der Waals surface area contributed by atoms with Crippen LogP contribution in [0, 0.1) is 11.3 Å². The van der Waals surface area contributed by atoms with Crippen molar-refractivity contribution in [3.8, 4) is 0 Å². The molecule has 3 unspecified atom stereocenters. The quantitative estimate of drug-likeness (QED) is 0.592. The summed E-state index contributed by atoms with van der Waals surface area (Å²) in [5.41, 5.74) is -1.92. The van der Waals surface area contributed by atoms with Crippen LogP contribution in [0.2, 0.25) is 0 Å². The van der Waals surface area contributed by atoms with E-state index in [4.69, 9.17) is 4.74 Å². The van der Waals surface area contributed by atoms with E-state index in [0.717, 1.165) is 12.0 Å². The van der Waals surface area contributed by atoms with Crippen molar-refractivity contribution in [3.63, 3.8) is 0 Å². The molecule has 5 aliphatic rings. The largest absolute Gasteiger partial charge is 0.389 e. The minimum absolute atomic E-state index is 0.0561. The van der Waals surface area contributed by atoms with Gasteiger partial charge in [-0.3, -0.25) is 4.98 Å². The Kier molecular flexibility index (Phi) is 4.46. The summed E-state index contributed by atoms with van der Waals surface area (Å²) in [6.07, 6.45) is 5.98. The number of aliphatic hydroxyl groups is 3. The van der Waals surface area contributed by atoms with Crippen LogP contribution >= 0.6 is 0 Å². The van der Waals surface area contributed by atoms with Gasteiger partial charge in [0.25, 0.3) is 0 Å². The number of alkyl halides is 1. The fourth-order valence-electron chi connectivity index (χ4n) is 8.05. The maximum absolute atomic E-state index is 16.9. The van der Waals surface area contributed by atoms with Crippen LogP contribution in [0.25, 0.3) is 5.57 Å². The normalized spacial score (nSPS) is 50.4. The fourth-order valence-corrected chi connectivity index (χ4v) is 8.05. The molecule has 2 bridgehead atoms. The standard InChI is InChI=1S/C26H33FN2O4/c1-23-9-8-17-21(31)26(27)22(32)20(30)18(29(2)3)13-24(26)10-11-25(17,33-24)19(23)7-6-16(23)15-5-4-12-28-14-15/h4-6,8,12,14,18-22,30-32H,7,9-11,13H2,1-3H3/t18-,19?,20+,21?,22-,23+,24+,25+,26?/m0/s1. The van der Waals surface area contributed by atoms with Gasteiger partial charge in [0, 0.05) is 29.8 Å². The highest BCUT2D eigenvalue weighted by Crippen LogP contribution is 2.70. The Bertz CT molecular complexity index is 1050. The summed E-state index contributed by atoms with van der Waals surface area (Å²) in [6.45, 7) is 2.24. The lowest BCUT2D eigenvalue weighted by molar-refractivity contribution is -0.308. The molecule has 33 heavy (non-hydrogen) atoms. The van der Waals surface area contributed by atoms with Crippen molar-refractivity contribution in [1.82, 2.24) is 9.88 Å². The number of hydrogen-bond donors (Lipinski definition) is 3. The van der Waals surface area contributed by atoms with Crippen molar-refractivity contribution in [2.24, 2.45) is 11.3 Å². The van der Waals surface area contributed by atoms with Crippen LogP contribution in [0.4, 0.5) is 4.39 Å². The van der Waals surface area contributed by atoms with E-state index in [1.165, 1.54) is 5.57 Å². The number of rotatable bonds is 2. The van der Waals surface area contributed by atoms with Gasteiger partial charge in [0.1, 0.15) is 17.8 Å². The number of fused-ring (bicyclic) bond motifs is 1. The number of halogens is 1. The summed E-state index contributed by atoms with van der Waals surface area (Å²) in [4.78, 5) is 6.12. The number of pyridine rings is 1. The highest BCUT2D eigenvalue weighted by molar-refractivity contribution is 5.73. The van der Waals surface area contributed by atoms with Gasteiger partial charge in [-0.05, 0) is 69.0 Å². The predicted molar refractivity (Wildman–Crippen MR) is 121 cm³/mol. The Labute approximate surface area is 193 Å². The molecule has 0 radical (unpaired) electrons. The number of aromatic nitrogens is 1. The first kappa shape index (κ1) is 21.9. The molecule has 6 nitrogen and oxygen atoms in total. The molecule has 3 fully saturated rings. The molecule has 3 heterocycles. The monoisotopic (exact) mass is 456 g/mol. The summed E-state index contributed by atoms with van der Waals surface area (Å²) in [5.74, 6) is 0.0561. The van der Waals surface area contributed by atoms with Gasteiger partial charge in [-0.2, -0.15) is 0 Å². The lowest BCUT2D eigenvalue weighted by Gasteiger charge is -2.62. The van der Waals surface area contributed by atoms with Gasteiger partial charge >= 0.3 is 0 Å². The molecule has 1 saturated carbocycles. The molecule has 2 aliphatic heterocycles. The number of ether oxygens (including phenoxy) is 1. The van der Waals surface area contributed by atoms with E-state index in [-0.39, 0.29) is 17.8 Å². The number of likely N-dealkylation sites (N-methyl/N-ethyl adjacent to an activating group) is 1. The van der Waals surface area contributed by atoms with Gasteiger partial charge in [-0.1, -0.05) is 25.1 Å². The zero-order chi connectivity index (χ0) is 23.4. The lowest BCUT2D eigenvalue weighted by atomic mass is 9.55. The Hall–Kier alpha value is -1.64. The highest BCUT2D eigenvalue weighted by Gasteiger charge is 2.79. The molecular formula is C26H33FN2O4. The summed E-state index contributed by atoms with van der Waals surface area (Å²) < 4.78 is 23.7. The fraction of sp³-hybridized carbons (Fsp3) is 0.654. The smallest absolute Gasteiger partial charge is 0.197 e. The maximum Gasteiger partial charge on any atom is 0.197 e. The molecule has 2 saturated heterocycles. The van der Waals surface area contributed by atoms with Gasteiger partial charge in [0.2, 0.25) is 0 Å². The maximum atomic E-state index is 16.9. The molecule has 1 aromatic rings. The van der Waals surface area contributed by atoms with Crippen molar-refractivity contribution in [1.29, 1.82) is 0 Å². The second-order valence-electron chi connectivity index (χ2n) is 11.3. The van der Waals surface area contributed by atoms with E-state index in [0.29, 0.717) is 24.8 Å². The van der Waals surface area contributed by atoms with Crippen LogP contribution in [0.3, 0.4) is 0 Å². The lowest BCUT2D eigenvalue weighted by Crippen LogP contribution is -2.78. The van der Waals surface area contributed by atoms with Gasteiger partial charge in [-0.25, -0.2) is 4.39 Å². The number of aliphatic hydroxyl groups excluding tert-OH is 3. The molecule has 1 aromatic heterocycles. The van der Waals surface area contributed by atoms with E-state index in [1.807, 2.05) is 37.3 Å². The first-order valence-corrected chi connectivity index (χ1v) is 12.0. The second-order valence-corrected chi connectivity index (χ2v) is 11.3. The van der Waals surface area contributed by atoms with Gasteiger partial charge in [-0.15, -0.1) is 0 Å². The van der Waals surface area contributed by atoms with Crippen molar-refractivity contribution in [2.45, 2.75) is 80.3 Å². The molecule has 6 rings (SSSR count). The predicted octanol–water partition coefficient (Wildman–Crippen LogP) is 2.25. The number of allylic oxidation sites excluding steroid dienone is 3. The van der Waals surface area contributed by atoms with Crippen LogP contribution in [0.1, 0.15) is 44.6 Å². The molecule has 3 N–H and O–H groups in total. The molecule has 2 spiro atoms. The minimum atomic E-state index is -2.45.